The van der Waals surface area contributed by atoms with Crippen LogP contribution in [0.15, 0.2) is 0 Å². The van der Waals surface area contributed by atoms with Crippen molar-refractivity contribution in [2.24, 2.45) is 0 Å². The second-order valence-corrected chi connectivity index (χ2v) is 15.7. The van der Waals surface area contributed by atoms with Crippen LogP contribution in [0.25, 0.3) is 0 Å². The summed E-state index contributed by atoms with van der Waals surface area (Å²) >= 11 is 0. The Hall–Kier alpha value is -1.06. The van der Waals surface area contributed by atoms with Gasteiger partial charge >= 0.3 is 11.9 Å². The Kier molecular flexibility index (Phi) is 43.2. The van der Waals surface area contributed by atoms with Crippen LogP contribution in [0.3, 0.4) is 0 Å². The number of rotatable bonds is 43. The monoisotopic (exact) mass is 707 g/mol. The molecular formula is C46H90O4. The Bertz CT molecular complexity index is 607. The molecule has 0 aromatic heterocycles. The summed E-state index contributed by atoms with van der Waals surface area (Å²) in [5.74, 6) is 0.0241. The van der Waals surface area contributed by atoms with Gasteiger partial charge in [0.25, 0.3) is 0 Å². The van der Waals surface area contributed by atoms with Gasteiger partial charge in [0, 0.05) is 12.8 Å². The average molecular weight is 707 g/mol. The molecule has 0 atom stereocenters. The van der Waals surface area contributed by atoms with Gasteiger partial charge in [-0.2, -0.15) is 0 Å². The maximum absolute atomic E-state index is 12.0. The molecule has 0 radical (unpaired) electrons. The molecule has 0 saturated carbocycles. The van der Waals surface area contributed by atoms with Gasteiger partial charge in [-0.3, -0.25) is 9.59 Å². The summed E-state index contributed by atoms with van der Waals surface area (Å²) < 4.78 is 10.9. The van der Waals surface area contributed by atoms with Crippen LogP contribution in [0, 0.1) is 0 Å². The normalized spacial score (nSPS) is 11.3. The lowest BCUT2D eigenvalue weighted by atomic mass is 10.0. The van der Waals surface area contributed by atoms with Crippen LogP contribution in [-0.2, 0) is 19.1 Å². The highest BCUT2D eigenvalue weighted by Gasteiger charge is 2.04. The van der Waals surface area contributed by atoms with Gasteiger partial charge in [-0.1, -0.05) is 232 Å². The minimum atomic E-state index is 0.0120. The number of ether oxygens (including phenoxy) is 2. The lowest BCUT2D eigenvalue weighted by Crippen LogP contribution is -2.05. The van der Waals surface area contributed by atoms with Crippen LogP contribution in [0.4, 0.5) is 0 Å². The summed E-state index contributed by atoms with van der Waals surface area (Å²) in [6.07, 6.45) is 50.7. The zero-order valence-corrected chi connectivity index (χ0v) is 34.3. The number of hydrogen-bond donors (Lipinski definition) is 0. The molecule has 0 aliphatic rings. The van der Waals surface area contributed by atoms with Gasteiger partial charge in [-0.25, -0.2) is 0 Å². The molecule has 0 aromatic carbocycles. The average Bonchev–Trinajstić information content (AvgIpc) is 3.12. The molecule has 0 saturated heterocycles. The number of hydrogen-bond acceptors (Lipinski definition) is 4. The van der Waals surface area contributed by atoms with Gasteiger partial charge in [-0.15, -0.1) is 0 Å². The molecule has 0 spiro atoms. The first-order valence-electron chi connectivity index (χ1n) is 23.0. The third-order valence-electron chi connectivity index (χ3n) is 10.5. The van der Waals surface area contributed by atoms with Crippen molar-refractivity contribution in [1.82, 2.24) is 0 Å². The van der Waals surface area contributed by atoms with Crippen molar-refractivity contribution in [2.45, 2.75) is 271 Å². The molecule has 50 heavy (non-hydrogen) atoms. The quantitative estimate of drug-likeness (QED) is 0.0468. The SMILES string of the molecule is CCCCCCCCCCCCCCC(=O)OCCCCCCCCCCCCCCCCOC(=O)CCCCCCCCCCCCCC. The largest absolute Gasteiger partial charge is 0.466 e. The standard InChI is InChI=1S/C46H90O4/c1-3-5-7-9-11-13-15-21-25-29-33-37-41-45(47)49-43-39-35-31-27-23-19-17-18-20-24-28-32-36-40-44-50-46(48)42-38-34-30-26-22-16-14-12-10-8-6-4-2/h3-44H2,1-2H3. The maximum Gasteiger partial charge on any atom is 0.305 e. The van der Waals surface area contributed by atoms with Gasteiger partial charge in [0.1, 0.15) is 0 Å². The summed E-state index contributed by atoms with van der Waals surface area (Å²) in [6, 6.07) is 0. The van der Waals surface area contributed by atoms with Crippen molar-refractivity contribution < 1.29 is 19.1 Å². The maximum atomic E-state index is 12.0. The predicted molar refractivity (Wildman–Crippen MR) is 218 cm³/mol. The number of esters is 2. The summed E-state index contributed by atoms with van der Waals surface area (Å²) in [5.41, 5.74) is 0. The molecule has 0 unspecified atom stereocenters. The van der Waals surface area contributed by atoms with E-state index in [9.17, 15) is 9.59 Å². The lowest BCUT2D eigenvalue weighted by Gasteiger charge is -2.06. The first-order chi connectivity index (χ1) is 24.7. The number of carbonyl (C=O) groups is 2. The fourth-order valence-corrected chi connectivity index (χ4v) is 7.06. The highest BCUT2D eigenvalue weighted by Crippen LogP contribution is 2.16. The van der Waals surface area contributed by atoms with Crippen LogP contribution in [-0.4, -0.2) is 25.2 Å². The fraction of sp³-hybridized carbons (Fsp3) is 0.957. The summed E-state index contributed by atoms with van der Waals surface area (Å²) in [4.78, 5) is 23.9. The second-order valence-electron chi connectivity index (χ2n) is 15.7. The Morgan fingerprint density at radius 2 is 0.440 bits per heavy atom. The van der Waals surface area contributed by atoms with Crippen LogP contribution in [0.5, 0.6) is 0 Å². The third-order valence-corrected chi connectivity index (χ3v) is 10.5. The summed E-state index contributed by atoms with van der Waals surface area (Å²) in [5, 5.41) is 0. The molecule has 4 heteroatoms. The highest BCUT2D eigenvalue weighted by molar-refractivity contribution is 5.69. The number of carbonyl (C=O) groups excluding carboxylic acids is 2. The minimum Gasteiger partial charge on any atom is -0.466 e. The van der Waals surface area contributed by atoms with Crippen LogP contribution >= 0.6 is 0 Å². The van der Waals surface area contributed by atoms with E-state index in [4.69, 9.17) is 9.47 Å². The molecule has 298 valence electrons. The number of unbranched alkanes of at least 4 members (excludes halogenated alkanes) is 35. The van der Waals surface area contributed by atoms with E-state index in [0.717, 1.165) is 25.7 Å². The first kappa shape index (κ1) is 48.9. The van der Waals surface area contributed by atoms with E-state index in [0.29, 0.717) is 26.1 Å². The van der Waals surface area contributed by atoms with E-state index < -0.39 is 0 Å². The highest BCUT2D eigenvalue weighted by atomic mass is 16.5. The molecular weight excluding hydrogens is 617 g/mol. The van der Waals surface area contributed by atoms with Crippen molar-refractivity contribution in [3.8, 4) is 0 Å². The molecule has 0 fully saturated rings. The van der Waals surface area contributed by atoms with Crippen LogP contribution in [0.1, 0.15) is 271 Å². The van der Waals surface area contributed by atoms with E-state index in [1.54, 1.807) is 0 Å². The van der Waals surface area contributed by atoms with Gasteiger partial charge in [0.2, 0.25) is 0 Å². The Morgan fingerprint density at radius 3 is 0.660 bits per heavy atom. The smallest absolute Gasteiger partial charge is 0.305 e. The van der Waals surface area contributed by atoms with E-state index in [1.165, 1.54) is 218 Å². The third kappa shape index (κ3) is 43.1. The second kappa shape index (κ2) is 44.1. The fourth-order valence-electron chi connectivity index (χ4n) is 7.06. The molecule has 4 nitrogen and oxygen atoms in total. The van der Waals surface area contributed by atoms with E-state index >= 15 is 0 Å². The molecule has 0 aromatic rings. The van der Waals surface area contributed by atoms with Gasteiger partial charge in [0.15, 0.2) is 0 Å². The zero-order valence-electron chi connectivity index (χ0n) is 34.3. The Labute approximate surface area is 314 Å². The van der Waals surface area contributed by atoms with Crippen molar-refractivity contribution in [2.75, 3.05) is 13.2 Å². The molecule has 0 heterocycles. The molecule has 0 rings (SSSR count). The molecule has 0 aliphatic carbocycles. The molecule has 0 aliphatic heterocycles. The summed E-state index contributed by atoms with van der Waals surface area (Å²) in [7, 11) is 0. The predicted octanol–water partition coefficient (Wildman–Crippen LogP) is 15.7. The topological polar surface area (TPSA) is 52.6 Å². The van der Waals surface area contributed by atoms with Crippen LogP contribution in [0.2, 0.25) is 0 Å². The van der Waals surface area contributed by atoms with Gasteiger partial charge < -0.3 is 9.47 Å². The summed E-state index contributed by atoms with van der Waals surface area (Å²) in [6.45, 7) is 5.78. The first-order valence-corrected chi connectivity index (χ1v) is 23.0. The van der Waals surface area contributed by atoms with Crippen molar-refractivity contribution >= 4 is 11.9 Å². The van der Waals surface area contributed by atoms with Gasteiger partial charge in [-0.05, 0) is 25.7 Å². The van der Waals surface area contributed by atoms with E-state index in [-0.39, 0.29) is 11.9 Å². The Morgan fingerprint density at radius 1 is 0.260 bits per heavy atom. The molecule has 0 bridgehead atoms. The van der Waals surface area contributed by atoms with Crippen molar-refractivity contribution in [1.29, 1.82) is 0 Å². The van der Waals surface area contributed by atoms with E-state index in [1.807, 2.05) is 0 Å². The van der Waals surface area contributed by atoms with E-state index in [2.05, 4.69) is 13.8 Å². The minimum absolute atomic E-state index is 0.0120. The van der Waals surface area contributed by atoms with Crippen molar-refractivity contribution in [3.63, 3.8) is 0 Å². The lowest BCUT2D eigenvalue weighted by molar-refractivity contribution is -0.144. The Balaban J connectivity index is 3.20. The molecule has 0 N–H and O–H groups in total. The van der Waals surface area contributed by atoms with Gasteiger partial charge in [0.05, 0.1) is 13.2 Å². The zero-order chi connectivity index (χ0) is 36.3. The molecule has 0 amide bonds. The van der Waals surface area contributed by atoms with Crippen LogP contribution < -0.4 is 0 Å². The van der Waals surface area contributed by atoms with Crippen molar-refractivity contribution in [3.05, 3.63) is 0 Å².